The monoisotopic (exact) mass is 305 g/mol. The highest BCUT2D eigenvalue weighted by molar-refractivity contribution is 7.20. The number of nitrogens with zero attached hydrogens (tertiary/aromatic N) is 2. The van der Waals surface area contributed by atoms with Crippen molar-refractivity contribution in [3.05, 3.63) is 20.6 Å². The van der Waals surface area contributed by atoms with Crippen molar-refractivity contribution < 1.29 is 4.52 Å². The van der Waals surface area contributed by atoms with E-state index in [-0.39, 0.29) is 11.5 Å². The molecule has 0 saturated heterocycles. The quantitative estimate of drug-likeness (QED) is 0.905. The molecule has 18 heavy (non-hydrogen) atoms. The molecule has 0 spiro atoms. The van der Waals surface area contributed by atoms with Gasteiger partial charge in [-0.3, -0.25) is 0 Å². The molecule has 2 heterocycles. The molecular weight excluding hydrogens is 293 g/mol. The van der Waals surface area contributed by atoms with Gasteiger partial charge in [-0.25, -0.2) is 0 Å². The second kappa shape index (κ2) is 4.81. The standard InChI is InChI=1S/C11H13Cl2N3OS/c1-11(2,3)7(14)9-15-10(17-16-9)5-4-6(12)18-8(5)13/h4,7H,14H2,1-3H3. The van der Waals surface area contributed by atoms with E-state index in [2.05, 4.69) is 10.1 Å². The number of rotatable bonds is 2. The molecule has 2 N–H and O–H groups in total. The van der Waals surface area contributed by atoms with Crippen LogP contribution in [0.1, 0.15) is 32.6 Å². The van der Waals surface area contributed by atoms with E-state index in [9.17, 15) is 0 Å². The molecule has 0 bridgehead atoms. The summed E-state index contributed by atoms with van der Waals surface area (Å²) in [4.78, 5) is 4.28. The van der Waals surface area contributed by atoms with Crippen molar-refractivity contribution in [2.45, 2.75) is 26.8 Å². The van der Waals surface area contributed by atoms with E-state index < -0.39 is 0 Å². The highest BCUT2D eigenvalue weighted by atomic mass is 35.5. The molecular formula is C11H13Cl2N3OS. The Balaban J connectivity index is 2.34. The Labute approximate surface area is 119 Å². The lowest BCUT2D eigenvalue weighted by atomic mass is 9.87. The fraction of sp³-hybridized carbons (Fsp3) is 0.455. The number of nitrogens with two attached hydrogens (primary N) is 1. The predicted octanol–water partition coefficient (Wildman–Crippen LogP) is 4.15. The maximum atomic E-state index is 6.07. The van der Waals surface area contributed by atoms with Crippen LogP contribution in [0.5, 0.6) is 0 Å². The molecule has 0 saturated carbocycles. The lowest BCUT2D eigenvalue weighted by molar-refractivity contribution is 0.303. The van der Waals surface area contributed by atoms with E-state index in [1.54, 1.807) is 6.07 Å². The van der Waals surface area contributed by atoms with E-state index >= 15 is 0 Å². The van der Waals surface area contributed by atoms with Crippen LogP contribution in [-0.2, 0) is 0 Å². The largest absolute Gasteiger partial charge is 0.334 e. The van der Waals surface area contributed by atoms with E-state index in [4.69, 9.17) is 33.5 Å². The molecule has 4 nitrogen and oxygen atoms in total. The van der Waals surface area contributed by atoms with Crippen molar-refractivity contribution in [2.75, 3.05) is 0 Å². The zero-order valence-corrected chi connectivity index (χ0v) is 12.5. The Kier molecular flexibility index (Phi) is 3.69. The molecule has 2 aromatic rings. The Morgan fingerprint density at radius 3 is 2.56 bits per heavy atom. The van der Waals surface area contributed by atoms with Gasteiger partial charge in [0, 0.05) is 0 Å². The van der Waals surface area contributed by atoms with Crippen LogP contribution in [0, 0.1) is 5.41 Å². The molecule has 0 aliphatic carbocycles. The van der Waals surface area contributed by atoms with E-state index in [0.29, 0.717) is 26.0 Å². The third kappa shape index (κ3) is 2.69. The molecule has 0 radical (unpaired) electrons. The molecule has 0 fully saturated rings. The topological polar surface area (TPSA) is 64.9 Å². The highest BCUT2D eigenvalue weighted by Gasteiger charge is 2.27. The summed E-state index contributed by atoms with van der Waals surface area (Å²) in [5.41, 5.74) is 6.57. The fourth-order valence-electron chi connectivity index (χ4n) is 1.34. The SMILES string of the molecule is CC(C)(C)C(N)c1noc(-c2cc(Cl)sc2Cl)n1. The minimum absolute atomic E-state index is 0.142. The molecule has 0 amide bonds. The van der Waals surface area contributed by atoms with Gasteiger partial charge < -0.3 is 10.3 Å². The normalized spacial score (nSPS) is 13.9. The Bertz CT molecular complexity index is 559. The molecule has 2 rings (SSSR count). The summed E-state index contributed by atoms with van der Waals surface area (Å²) in [5.74, 6) is 0.814. The predicted molar refractivity (Wildman–Crippen MR) is 74.0 cm³/mol. The summed E-state index contributed by atoms with van der Waals surface area (Å²) < 4.78 is 6.29. The zero-order chi connectivity index (χ0) is 13.5. The summed E-state index contributed by atoms with van der Waals surface area (Å²) in [6.45, 7) is 6.05. The smallest absolute Gasteiger partial charge is 0.260 e. The summed E-state index contributed by atoms with van der Waals surface area (Å²) in [6.07, 6.45) is 0. The van der Waals surface area contributed by atoms with Crippen molar-refractivity contribution in [1.29, 1.82) is 0 Å². The second-order valence-electron chi connectivity index (χ2n) is 5.04. The first kappa shape index (κ1) is 13.8. The van der Waals surface area contributed by atoms with Crippen molar-refractivity contribution in [3.63, 3.8) is 0 Å². The van der Waals surface area contributed by atoms with E-state index in [1.807, 2.05) is 20.8 Å². The Hall–Kier alpha value is -0.620. The highest BCUT2D eigenvalue weighted by Crippen LogP contribution is 2.38. The van der Waals surface area contributed by atoms with Gasteiger partial charge >= 0.3 is 0 Å². The van der Waals surface area contributed by atoms with Gasteiger partial charge in [-0.05, 0) is 11.5 Å². The third-order valence-corrected chi connectivity index (χ3v) is 4.03. The number of aromatic nitrogens is 2. The molecule has 1 unspecified atom stereocenters. The maximum Gasteiger partial charge on any atom is 0.260 e. The second-order valence-corrected chi connectivity index (χ2v) is 7.32. The molecule has 0 aliphatic heterocycles. The Morgan fingerprint density at radius 1 is 1.39 bits per heavy atom. The lowest BCUT2D eigenvalue weighted by Crippen LogP contribution is -2.27. The van der Waals surface area contributed by atoms with Gasteiger partial charge in [0.15, 0.2) is 5.82 Å². The number of halogens is 2. The number of thiophene rings is 1. The molecule has 98 valence electrons. The van der Waals surface area contributed by atoms with Crippen molar-refractivity contribution in [1.82, 2.24) is 10.1 Å². The van der Waals surface area contributed by atoms with Gasteiger partial charge in [-0.1, -0.05) is 49.1 Å². The van der Waals surface area contributed by atoms with Crippen LogP contribution >= 0.6 is 34.5 Å². The van der Waals surface area contributed by atoms with Gasteiger partial charge in [0.1, 0.15) is 4.34 Å². The first-order valence-corrected chi connectivity index (χ1v) is 6.90. The van der Waals surface area contributed by atoms with Crippen molar-refractivity contribution >= 4 is 34.5 Å². The molecule has 7 heteroatoms. The molecule has 2 aromatic heterocycles. The van der Waals surface area contributed by atoms with Crippen LogP contribution in [0.4, 0.5) is 0 Å². The van der Waals surface area contributed by atoms with E-state index in [0.717, 1.165) is 0 Å². The number of hydrogen-bond acceptors (Lipinski definition) is 5. The van der Waals surface area contributed by atoms with Crippen LogP contribution in [-0.4, -0.2) is 10.1 Å². The number of hydrogen-bond donors (Lipinski definition) is 1. The zero-order valence-electron chi connectivity index (χ0n) is 10.2. The minimum Gasteiger partial charge on any atom is -0.334 e. The van der Waals surface area contributed by atoms with Gasteiger partial charge in [0.05, 0.1) is 15.9 Å². The summed E-state index contributed by atoms with van der Waals surface area (Å²) >= 11 is 13.2. The molecule has 1 atom stereocenters. The summed E-state index contributed by atoms with van der Waals surface area (Å²) in [6, 6.07) is 1.40. The first-order valence-electron chi connectivity index (χ1n) is 5.33. The summed E-state index contributed by atoms with van der Waals surface area (Å²) in [5, 5.41) is 3.90. The fourth-order valence-corrected chi connectivity index (χ4v) is 2.79. The molecule has 0 aromatic carbocycles. The average molecular weight is 306 g/mol. The first-order chi connectivity index (χ1) is 8.29. The van der Waals surface area contributed by atoms with Gasteiger partial charge in [-0.15, -0.1) is 11.3 Å². The van der Waals surface area contributed by atoms with Gasteiger partial charge in [0.25, 0.3) is 5.89 Å². The van der Waals surface area contributed by atoms with Crippen LogP contribution in [0.25, 0.3) is 11.5 Å². The van der Waals surface area contributed by atoms with Crippen LogP contribution in [0.15, 0.2) is 10.6 Å². The maximum absolute atomic E-state index is 6.07. The average Bonchev–Trinajstić information content (AvgIpc) is 2.82. The minimum atomic E-state index is -0.303. The third-order valence-electron chi connectivity index (χ3n) is 2.54. The Morgan fingerprint density at radius 2 is 2.06 bits per heavy atom. The van der Waals surface area contributed by atoms with Crippen LogP contribution in [0.2, 0.25) is 8.67 Å². The van der Waals surface area contributed by atoms with Gasteiger partial charge in [-0.2, -0.15) is 4.98 Å². The van der Waals surface area contributed by atoms with E-state index in [1.165, 1.54) is 11.3 Å². The van der Waals surface area contributed by atoms with Crippen LogP contribution < -0.4 is 5.73 Å². The lowest BCUT2D eigenvalue weighted by Gasteiger charge is -2.23. The van der Waals surface area contributed by atoms with Crippen molar-refractivity contribution in [3.8, 4) is 11.5 Å². The van der Waals surface area contributed by atoms with Gasteiger partial charge in [0.2, 0.25) is 0 Å². The van der Waals surface area contributed by atoms with Crippen LogP contribution in [0.3, 0.4) is 0 Å². The summed E-state index contributed by atoms with van der Waals surface area (Å²) in [7, 11) is 0. The molecule has 0 aliphatic rings. The van der Waals surface area contributed by atoms with Crippen molar-refractivity contribution in [2.24, 2.45) is 11.1 Å².